The van der Waals surface area contributed by atoms with E-state index in [0.717, 1.165) is 49.8 Å². The molecule has 0 spiro atoms. The van der Waals surface area contributed by atoms with Gasteiger partial charge in [-0.1, -0.05) is 38.2 Å². The fourth-order valence-corrected chi connectivity index (χ4v) is 6.16. The number of hydrogen-bond acceptors (Lipinski definition) is 5. The van der Waals surface area contributed by atoms with Crippen LogP contribution in [0.4, 0.5) is 0 Å². The third kappa shape index (κ3) is 5.63. The minimum atomic E-state index is -1.03. The number of aliphatic hydroxyl groups excluding tert-OH is 2. The Morgan fingerprint density at radius 2 is 1.89 bits per heavy atom. The summed E-state index contributed by atoms with van der Waals surface area (Å²) in [5.41, 5.74) is 9.49. The van der Waals surface area contributed by atoms with Crippen LogP contribution in [-0.2, 0) is 12.8 Å². The predicted octanol–water partition coefficient (Wildman–Crippen LogP) is 3.28. The Morgan fingerprint density at radius 3 is 2.55 bits per heavy atom. The van der Waals surface area contributed by atoms with E-state index < -0.39 is 24.2 Å². The first kappa shape index (κ1) is 26.4. The molecule has 0 saturated heterocycles. The molecule has 9 heteroatoms. The number of carbonyl (C=O) groups excluding carboxylic acids is 2. The summed E-state index contributed by atoms with van der Waals surface area (Å²) >= 11 is 0. The molecule has 204 valence electrons. The lowest BCUT2D eigenvalue weighted by Crippen LogP contribution is -2.50. The smallest absolute Gasteiger partial charge is 0.268 e. The van der Waals surface area contributed by atoms with Gasteiger partial charge >= 0.3 is 0 Å². The van der Waals surface area contributed by atoms with E-state index in [1.807, 2.05) is 25.3 Å². The third-order valence-electron chi connectivity index (χ3n) is 8.43. The Morgan fingerprint density at radius 1 is 1.13 bits per heavy atom. The molecule has 5 rings (SSSR count). The van der Waals surface area contributed by atoms with Crippen LogP contribution in [0.2, 0.25) is 0 Å². The maximum atomic E-state index is 13.9. The molecule has 38 heavy (non-hydrogen) atoms. The number of aliphatic hydroxyl groups is 2. The van der Waals surface area contributed by atoms with Crippen LogP contribution < -0.4 is 11.1 Å². The molecule has 3 atom stereocenters. The van der Waals surface area contributed by atoms with E-state index in [4.69, 9.17) is 5.73 Å². The van der Waals surface area contributed by atoms with Crippen molar-refractivity contribution in [1.82, 2.24) is 20.3 Å². The van der Waals surface area contributed by atoms with Crippen molar-refractivity contribution in [3.63, 3.8) is 0 Å². The topological polar surface area (TPSA) is 157 Å². The average Bonchev–Trinajstić information content (AvgIpc) is 3.50. The van der Waals surface area contributed by atoms with Crippen molar-refractivity contribution in [3.8, 4) is 0 Å². The van der Waals surface area contributed by atoms with Crippen molar-refractivity contribution in [2.75, 3.05) is 0 Å². The maximum Gasteiger partial charge on any atom is 0.268 e. The summed E-state index contributed by atoms with van der Waals surface area (Å²) in [4.78, 5) is 36.8. The molecule has 2 aliphatic carbocycles. The van der Waals surface area contributed by atoms with Crippen LogP contribution in [0.15, 0.2) is 24.7 Å². The van der Waals surface area contributed by atoms with Gasteiger partial charge in [0.25, 0.3) is 5.91 Å². The molecular weight excluding hydrogens is 482 g/mol. The van der Waals surface area contributed by atoms with Crippen LogP contribution in [0.25, 0.3) is 10.9 Å². The Balaban J connectivity index is 1.48. The molecule has 2 fully saturated rings. The highest BCUT2D eigenvalue weighted by molar-refractivity contribution is 6.11. The number of nitrogens with one attached hydrogen (secondary N) is 3. The molecule has 0 bridgehead atoms. The van der Waals surface area contributed by atoms with E-state index in [-0.39, 0.29) is 11.8 Å². The number of imidazole rings is 1. The first-order chi connectivity index (χ1) is 18.3. The number of fused-ring (bicyclic) bond motifs is 1. The molecule has 2 aromatic heterocycles. The van der Waals surface area contributed by atoms with Crippen molar-refractivity contribution in [2.24, 2.45) is 17.6 Å². The molecule has 7 N–H and O–H groups in total. The normalized spacial score (nSPS) is 18.8. The molecule has 2 amide bonds. The second-order valence-corrected chi connectivity index (χ2v) is 11.2. The Labute approximate surface area is 222 Å². The number of nitrogens with zero attached hydrogens (tertiary/aromatic N) is 1. The summed E-state index contributed by atoms with van der Waals surface area (Å²) < 4.78 is 0. The van der Waals surface area contributed by atoms with Crippen LogP contribution in [-0.4, -0.2) is 55.2 Å². The molecular formula is C29H39N5O4. The zero-order chi connectivity index (χ0) is 26.8. The van der Waals surface area contributed by atoms with Crippen LogP contribution >= 0.6 is 0 Å². The number of aromatic nitrogens is 3. The highest BCUT2D eigenvalue weighted by Gasteiger charge is 2.39. The maximum absolute atomic E-state index is 13.9. The van der Waals surface area contributed by atoms with Gasteiger partial charge in [-0.3, -0.25) is 9.59 Å². The van der Waals surface area contributed by atoms with Crippen LogP contribution in [0.3, 0.4) is 0 Å². The Hall–Kier alpha value is -3.17. The number of benzene rings is 1. The molecule has 3 aromatic rings. The molecule has 0 aliphatic heterocycles. The number of H-pyrrole nitrogens is 2. The zero-order valence-corrected chi connectivity index (χ0v) is 22.0. The molecule has 2 saturated carbocycles. The first-order valence-corrected chi connectivity index (χ1v) is 13.9. The van der Waals surface area contributed by atoms with Crippen LogP contribution in [0.5, 0.6) is 0 Å². The highest BCUT2D eigenvalue weighted by Crippen LogP contribution is 2.36. The standard InChI is InChI=1S/C29H39N5O4/c1-16-7-12-21-24(23(16)28(30)37)20(11-10-19-14-31-15-32-19)25(33-21)29(38)34-22(13-17-5-3-2-4-6-17)27(36)26(35)18-8-9-18/h7,12,14-15,17-18,22,26-27,33,35-36H,2-6,8-11,13H2,1H3,(H2,30,37)(H,31,32)(H,34,38)/t22-,26-,27+/m0/s1. The van der Waals surface area contributed by atoms with Gasteiger partial charge in [-0.15, -0.1) is 0 Å². The Bertz CT molecular complexity index is 1270. The SMILES string of the molecule is Cc1ccc2[nH]c(C(=O)N[C@@H](CC3CCCCC3)[C@@H](O)[C@@H](O)C3CC3)c(CCc3c[nH]cn3)c2c1C(N)=O. The fourth-order valence-electron chi connectivity index (χ4n) is 6.16. The molecule has 0 unspecified atom stereocenters. The lowest BCUT2D eigenvalue weighted by molar-refractivity contribution is -0.0202. The summed E-state index contributed by atoms with van der Waals surface area (Å²) in [5.74, 6) is -0.400. The number of primary amides is 1. The predicted molar refractivity (Wildman–Crippen MR) is 145 cm³/mol. The number of hydrogen-bond donors (Lipinski definition) is 6. The second kappa shape index (κ2) is 11.3. The Kier molecular flexibility index (Phi) is 7.85. The second-order valence-electron chi connectivity index (χ2n) is 11.2. The van der Waals surface area contributed by atoms with Crippen molar-refractivity contribution < 1.29 is 19.8 Å². The summed E-state index contributed by atoms with van der Waals surface area (Å²) in [6.45, 7) is 1.83. The number of aromatic amines is 2. The lowest BCUT2D eigenvalue weighted by Gasteiger charge is -2.32. The zero-order valence-electron chi connectivity index (χ0n) is 22.0. The molecule has 2 aliphatic rings. The van der Waals surface area contributed by atoms with Crippen molar-refractivity contribution in [2.45, 2.75) is 89.4 Å². The summed E-state index contributed by atoms with van der Waals surface area (Å²) in [6, 6.07) is 3.11. The van der Waals surface area contributed by atoms with E-state index in [0.29, 0.717) is 52.9 Å². The largest absolute Gasteiger partial charge is 0.390 e. The minimum absolute atomic E-state index is 0.0920. The third-order valence-corrected chi connectivity index (χ3v) is 8.43. The van der Waals surface area contributed by atoms with Gasteiger partial charge in [0.1, 0.15) is 11.8 Å². The minimum Gasteiger partial charge on any atom is -0.390 e. The fraction of sp³-hybridized carbons (Fsp3) is 0.552. The van der Waals surface area contributed by atoms with Crippen molar-refractivity contribution in [1.29, 1.82) is 0 Å². The number of carbonyl (C=O) groups is 2. The van der Waals surface area contributed by atoms with Crippen molar-refractivity contribution in [3.05, 3.63) is 52.7 Å². The number of rotatable bonds is 11. The van der Waals surface area contributed by atoms with Crippen LogP contribution in [0.1, 0.15) is 89.0 Å². The number of aryl methyl sites for hydroxylation is 3. The van der Waals surface area contributed by atoms with Gasteiger partial charge in [-0.05, 0) is 68.1 Å². The molecule has 1 aromatic carbocycles. The van der Waals surface area contributed by atoms with Gasteiger partial charge in [0.05, 0.1) is 29.7 Å². The van der Waals surface area contributed by atoms with Gasteiger partial charge in [0, 0.05) is 17.1 Å². The van der Waals surface area contributed by atoms with Gasteiger partial charge in [-0.2, -0.15) is 0 Å². The molecule has 2 heterocycles. The van der Waals surface area contributed by atoms with Gasteiger partial charge in [0.15, 0.2) is 0 Å². The number of amides is 2. The summed E-state index contributed by atoms with van der Waals surface area (Å²) in [7, 11) is 0. The monoisotopic (exact) mass is 521 g/mol. The van der Waals surface area contributed by atoms with Gasteiger partial charge in [0.2, 0.25) is 5.91 Å². The summed E-state index contributed by atoms with van der Waals surface area (Å²) in [6.07, 6.45) is 10.7. The van der Waals surface area contributed by atoms with E-state index in [1.165, 1.54) is 6.42 Å². The average molecular weight is 522 g/mol. The quantitative estimate of drug-likeness (QED) is 0.228. The van der Waals surface area contributed by atoms with E-state index in [1.54, 1.807) is 6.33 Å². The highest BCUT2D eigenvalue weighted by atomic mass is 16.3. The van der Waals surface area contributed by atoms with Gasteiger partial charge in [-0.25, -0.2) is 4.98 Å². The van der Waals surface area contributed by atoms with E-state index in [2.05, 4.69) is 20.3 Å². The molecule has 9 nitrogen and oxygen atoms in total. The lowest BCUT2D eigenvalue weighted by atomic mass is 9.82. The number of nitrogens with two attached hydrogens (primary N) is 1. The van der Waals surface area contributed by atoms with Crippen LogP contribution in [0, 0.1) is 18.8 Å². The van der Waals surface area contributed by atoms with E-state index >= 15 is 0 Å². The van der Waals surface area contributed by atoms with Gasteiger partial charge < -0.3 is 31.2 Å². The van der Waals surface area contributed by atoms with E-state index in [9.17, 15) is 19.8 Å². The van der Waals surface area contributed by atoms with Crippen molar-refractivity contribution >= 4 is 22.7 Å². The first-order valence-electron chi connectivity index (χ1n) is 13.9. The summed E-state index contributed by atoms with van der Waals surface area (Å²) in [5, 5.41) is 25.7. The molecule has 0 radical (unpaired) electrons.